The molecule has 0 aromatic carbocycles. The number of likely N-dealkylation sites (tertiary alicyclic amines) is 1. The molecular weight excluding hydrogens is 188 g/mol. The molecule has 0 aliphatic carbocycles. The molecule has 1 saturated heterocycles. The summed E-state index contributed by atoms with van der Waals surface area (Å²) >= 11 is 0. The van der Waals surface area contributed by atoms with Crippen LogP contribution in [0.15, 0.2) is 0 Å². The van der Waals surface area contributed by atoms with Gasteiger partial charge >= 0.3 is 0 Å². The Balaban J connectivity index is 2.32. The number of carbonyl (C=O) groups is 1. The fraction of sp³-hybridized carbons (Fsp3) is 0.917. The van der Waals surface area contributed by atoms with E-state index in [1.165, 1.54) is 6.42 Å². The van der Waals surface area contributed by atoms with E-state index >= 15 is 0 Å². The van der Waals surface area contributed by atoms with E-state index < -0.39 is 0 Å². The summed E-state index contributed by atoms with van der Waals surface area (Å²) in [7, 11) is 0. The number of piperidine rings is 1. The molecule has 0 saturated carbocycles. The quantitative estimate of drug-likeness (QED) is 0.769. The molecule has 2 unspecified atom stereocenters. The van der Waals surface area contributed by atoms with Crippen molar-refractivity contribution in [2.24, 2.45) is 17.6 Å². The van der Waals surface area contributed by atoms with Crippen LogP contribution in [0.25, 0.3) is 0 Å². The third-order valence-corrected chi connectivity index (χ3v) is 3.22. The van der Waals surface area contributed by atoms with Gasteiger partial charge in [0.1, 0.15) is 0 Å². The molecule has 3 heteroatoms. The highest BCUT2D eigenvalue weighted by atomic mass is 16.2. The van der Waals surface area contributed by atoms with E-state index in [0.717, 1.165) is 25.4 Å². The van der Waals surface area contributed by atoms with E-state index in [4.69, 9.17) is 5.73 Å². The highest BCUT2D eigenvalue weighted by Crippen LogP contribution is 2.17. The van der Waals surface area contributed by atoms with Crippen molar-refractivity contribution in [3.63, 3.8) is 0 Å². The summed E-state index contributed by atoms with van der Waals surface area (Å²) in [5, 5.41) is 0. The zero-order valence-electron chi connectivity index (χ0n) is 10.2. The van der Waals surface area contributed by atoms with E-state index in [1.54, 1.807) is 0 Å². The first-order chi connectivity index (χ1) is 7.00. The van der Waals surface area contributed by atoms with Crippen LogP contribution >= 0.6 is 0 Å². The lowest BCUT2D eigenvalue weighted by Gasteiger charge is -2.34. The number of hydrogen-bond donors (Lipinski definition) is 1. The molecule has 0 bridgehead atoms. The van der Waals surface area contributed by atoms with Gasteiger partial charge < -0.3 is 10.6 Å². The van der Waals surface area contributed by atoms with Crippen LogP contribution < -0.4 is 5.73 Å². The van der Waals surface area contributed by atoms with Crippen LogP contribution in [0.3, 0.4) is 0 Å². The fourth-order valence-electron chi connectivity index (χ4n) is 2.00. The molecule has 15 heavy (non-hydrogen) atoms. The van der Waals surface area contributed by atoms with Gasteiger partial charge in [-0.1, -0.05) is 20.8 Å². The number of nitrogens with two attached hydrogens (primary N) is 1. The maximum absolute atomic E-state index is 11.7. The molecule has 2 atom stereocenters. The third-order valence-electron chi connectivity index (χ3n) is 3.22. The SMILES string of the molecule is CC(C)CCCN1CC(N)C(C)CC1=O. The lowest BCUT2D eigenvalue weighted by Crippen LogP contribution is -2.50. The minimum atomic E-state index is 0.168. The van der Waals surface area contributed by atoms with Gasteiger partial charge in [-0.05, 0) is 24.7 Å². The molecule has 1 fully saturated rings. The Hall–Kier alpha value is -0.570. The topological polar surface area (TPSA) is 46.3 Å². The Morgan fingerprint density at radius 1 is 1.53 bits per heavy atom. The second-order valence-electron chi connectivity index (χ2n) is 5.22. The molecular formula is C12H24N2O. The maximum Gasteiger partial charge on any atom is 0.222 e. The smallest absolute Gasteiger partial charge is 0.222 e. The van der Waals surface area contributed by atoms with Crippen molar-refractivity contribution >= 4 is 5.91 Å². The van der Waals surface area contributed by atoms with E-state index in [9.17, 15) is 4.79 Å². The summed E-state index contributed by atoms with van der Waals surface area (Å²) in [6.07, 6.45) is 2.92. The Labute approximate surface area is 93.0 Å². The normalized spacial score (nSPS) is 27.5. The first-order valence-corrected chi connectivity index (χ1v) is 6.04. The number of amides is 1. The summed E-state index contributed by atoms with van der Waals surface area (Å²) in [5.74, 6) is 1.35. The van der Waals surface area contributed by atoms with Crippen molar-refractivity contribution in [2.75, 3.05) is 13.1 Å². The molecule has 0 radical (unpaired) electrons. The van der Waals surface area contributed by atoms with Crippen molar-refractivity contribution in [1.82, 2.24) is 4.90 Å². The van der Waals surface area contributed by atoms with Gasteiger partial charge in [-0.2, -0.15) is 0 Å². The lowest BCUT2D eigenvalue weighted by atomic mass is 9.93. The number of nitrogens with zero attached hydrogens (tertiary/aromatic N) is 1. The van der Waals surface area contributed by atoms with Crippen LogP contribution in [0.4, 0.5) is 0 Å². The number of rotatable bonds is 4. The summed E-state index contributed by atoms with van der Waals surface area (Å²) in [4.78, 5) is 13.6. The molecule has 2 N–H and O–H groups in total. The summed E-state index contributed by atoms with van der Waals surface area (Å²) in [6.45, 7) is 8.13. The van der Waals surface area contributed by atoms with E-state index in [2.05, 4.69) is 20.8 Å². The second-order valence-corrected chi connectivity index (χ2v) is 5.22. The first kappa shape index (κ1) is 12.5. The van der Waals surface area contributed by atoms with E-state index in [0.29, 0.717) is 12.3 Å². The zero-order valence-corrected chi connectivity index (χ0v) is 10.2. The van der Waals surface area contributed by atoms with E-state index in [-0.39, 0.29) is 11.9 Å². The summed E-state index contributed by atoms with van der Waals surface area (Å²) in [6, 6.07) is 0.168. The van der Waals surface area contributed by atoms with Crippen LogP contribution in [-0.4, -0.2) is 29.9 Å². The van der Waals surface area contributed by atoms with Gasteiger partial charge in [0.2, 0.25) is 5.91 Å². The molecule has 0 aromatic rings. The molecule has 1 heterocycles. The monoisotopic (exact) mass is 212 g/mol. The Bertz CT molecular complexity index is 216. The Morgan fingerprint density at radius 2 is 2.20 bits per heavy atom. The molecule has 1 aliphatic rings. The van der Waals surface area contributed by atoms with Gasteiger partial charge in [0.05, 0.1) is 0 Å². The Morgan fingerprint density at radius 3 is 2.80 bits per heavy atom. The first-order valence-electron chi connectivity index (χ1n) is 6.04. The molecule has 88 valence electrons. The van der Waals surface area contributed by atoms with Crippen LogP contribution in [0.5, 0.6) is 0 Å². The van der Waals surface area contributed by atoms with Gasteiger partial charge in [0.15, 0.2) is 0 Å². The van der Waals surface area contributed by atoms with E-state index in [1.807, 2.05) is 4.90 Å². The van der Waals surface area contributed by atoms with Gasteiger partial charge in [0.25, 0.3) is 0 Å². The average Bonchev–Trinajstić information content (AvgIpc) is 2.13. The van der Waals surface area contributed by atoms with Crippen LogP contribution in [0, 0.1) is 11.8 Å². The minimum absolute atomic E-state index is 0.168. The van der Waals surface area contributed by atoms with Gasteiger partial charge in [-0.3, -0.25) is 4.79 Å². The third kappa shape index (κ3) is 3.82. The standard InChI is InChI=1S/C12H24N2O/c1-9(2)5-4-6-14-8-11(13)10(3)7-12(14)15/h9-11H,4-8,13H2,1-3H3. The van der Waals surface area contributed by atoms with Crippen LogP contribution in [0.1, 0.15) is 40.0 Å². The van der Waals surface area contributed by atoms with Crippen molar-refractivity contribution in [3.05, 3.63) is 0 Å². The van der Waals surface area contributed by atoms with Crippen molar-refractivity contribution in [1.29, 1.82) is 0 Å². The van der Waals surface area contributed by atoms with Gasteiger partial charge in [-0.15, -0.1) is 0 Å². The minimum Gasteiger partial charge on any atom is -0.341 e. The van der Waals surface area contributed by atoms with Crippen LogP contribution in [-0.2, 0) is 4.79 Å². The van der Waals surface area contributed by atoms with Crippen molar-refractivity contribution < 1.29 is 4.79 Å². The predicted molar refractivity (Wildman–Crippen MR) is 62.4 cm³/mol. The average molecular weight is 212 g/mol. The largest absolute Gasteiger partial charge is 0.341 e. The molecule has 1 aliphatic heterocycles. The van der Waals surface area contributed by atoms with Gasteiger partial charge in [0, 0.05) is 25.6 Å². The van der Waals surface area contributed by atoms with Crippen LogP contribution in [0.2, 0.25) is 0 Å². The molecule has 0 spiro atoms. The lowest BCUT2D eigenvalue weighted by molar-refractivity contribution is -0.135. The fourth-order valence-corrected chi connectivity index (χ4v) is 2.00. The second kappa shape index (κ2) is 5.50. The summed E-state index contributed by atoms with van der Waals surface area (Å²) in [5.41, 5.74) is 5.97. The van der Waals surface area contributed by atoms with Crippen molar-refractivity contribution in [2.45, 2.75) is 46.1 Å². The maximum atomic E-state index is 11.7. The predicted octanol–water partition coefficient (Wildman–Crippen LogP) is 1.62. The molecule has 1 rings (SSSR count). The zero-order chi connectivity index (χ0) is 11.4. The molecule has 3 nitrogen and oxygen atoms in total. The molecule has 0 aromatic heterocycles. The van der Waals surface area contributed by atoms with Gasteiger partial charge in [-0.25, -0.2) is 0 Å². The highest BCUT2D eigenvalue weighted by Gasteiger charge is 2.28. The number of carbonyl (C=O) groups excluding carboxylic acids is 1. The summed E-state index contributed by atoms with van der Waals surface area (Å²) < 4.78 is 0. The molecule has 1 amide bonds. The highest BCUT2D eigenvalue weighted by molar-refractivity contribution is 5.77. The number of hydrogen-bond acceptors (Lipinski definition) is 2. The Kier molecular flexibility index (Phi) is 4.58. The van der Waals surface area contributed by atoms with Crippen molar-refractivity contribution in [3.8, 4) is 0 Å².